The highest BCUT2D eigenvalue weighted by atomic mass is 35.5. The van der Waals surface area contributed by atoms with Crippen molar-refractivity contribution in [2.45, 2.75) is 6.92 Å². The molecule has 1 amide bonds. The number of rotatable bonds is 9. The Morgan fingerprint density at radius 3 is 2.63 bits per heavy atom. The second kappa shape index (κ2) is 10.8. The first-order valence-corrected chi connectivity index (χ1v) is 13.2. The van der Waals surface area contributed by atoms with E-state index in [2.05, 4.69) is 20.5 Å². The summed E-state index contributed by atoms with van der Waals surface area (Å²) in [7, 11) is 1.32. The minimum Gasteiger partial charge on any atom is -0.496 e. The highest BCUT2D eigenvalue weighted by molar-refractivity contribution is 7.88. The van der Waals surface area contributed by atoms with Gasteiger partial charge in [-0.3, -0.25) is 15.1 Å². The summed E-state index contributed by atoms with van der Waals surface area (Å²) in [6, 6.07) is 4.47. The number of ether oxygens (including phenoxy) is 1. The van der Waals surface area contributed by atoms with Crippen LogP contribution in [0.3, 0.4) is 0 Å². The van der Waals surface area contributed by atoms with Gasteiger partial charge in [0.1, 0.15) is 5.75 Å². The molecule has 0 aliphatic rings. The van der Waals surface area contributed by atoms with E-state index in [1.165, 1.54) is 36.8 Å². The summed E-state index contributed by atoms with van der Waals surface area (Å²) in [6.07, 6.45) is 2.47. The molecule has 1 aromatic carbocycles. The standard InChI is InChI=1S/C21H24ClFN6O4S2/c1-12-10-13(17-16(33-4)7-6-15(22)18(17)23)14(11-24-12)19(30)25-20-26-27-21(34-20)28(2)8-9-29(3)35(5,31)32/h6-7,10-11H,8-9H2,1-5H3,(H,25,26,30). The lowest BCUT2D eigenvalue weighted by Crippen LogP contribution is -2.34. The first-order valence-electron chi connectivity index (χ1n) is 10.2. The second-order valence-electron chi connectivity index (χ2n) is 7.66. The molecule has 2 aromatic heterocycles. The van der Waals surface area contributed by atoms with Crippen molar-refractivity contribution in [2.24, 2.45) is 0 Å². The van der Waals surface area contributed by atoms with Crippen LogP contribution in [0, 0.1) is 12.7 Å². The lowest BCUT2D eigenvalue weighted by molar-refractivity contribution is 0.102. The summed E-state index contributed by atoms with van der Waals surface area (Å²) >= 11 is 7.10. The molecule has 0 bridgehead atoms. The first-order chi connectivity index (χ1) is 16.4. The first kappa shape index (κ1) is 26.7. The average Bonchev–Trinajstić information content (AvgIpc) is 3.26. The third kappa shape index (κ3) is 6.23. The molecule has 0 spiro atoms. The number of amides is 1. The van der Waals surface area contributed by atoms with Gasteiger partial charge >= 0.3 is 0 Å². The molecular formula is C21H24ClFN6O4S2. The van der Waals surface area contributed by atoms with Crippen LogP contribution in [0.5, 0.6) is 5.75 Å². The number of hydrogen-bond acceptors (Lipinski definition) is 9. The van der Waals surface area contributed by atoms with Crippen molar-refractivity contribution >= 4 is 49.1 Å². The summed E-state index contributed by atoms with van der Waals surface area (Å²) < 4.78 is 44.7. The summed E-state index contributed by atoms with van der Waals surface area (Å²) in [4.78, 5) is 19.0. The number of pyridine rings is 1. The number of aryl methyl sites for hydroxylation is 1. The number of sulfonamides is 1. The maximum absolute atomic E-state index is 15.0. The molecule has 14 heteroatoms. The lowest BCUT2D eigenvalue weighted by Gasteiger charge is -2.19. The van der Waals surface area contributed by atoms with Gasteiger partial charge in [0.2, 0.25) is 20.3 Å². The van der Waals surface area contributed by atoms with Crippen molar-refractivity contribution in [1.29, 1.82) is 0 Å². The molecule has 0 aliphatic heterocycles. The van der Waals surface area contributed by atoms with Gasteiger partial charge in [-0.25, -0.2) is 17.1 Å². The van der Waals surface area contributed by atoms with Crippen molar-refractivity contribution in [2.75, 3.05) is 50.8 Å². The number of benzene rings is 1. The Bertz CT molecular complexity index is 1350. The van der Waals surface area contributed by atoms with Crippen LogP contribution in [-0.2, 0) is 10.0 Å². The maximum Gasteiger partial charge on any atom is 0.259 e. The molecule has 0 fully saturated rings. The van der Waals surface area contributed by atoms with Gasteiger partial charge in [0.15, 0.2) is 5.82 Å². The zero-order valence-electron chi connectivity index (χ0n) is 19.7. The van der Waals surface area contributed by atoms with E-state index in [9.17, 15) is 13.2 Å². The Morgan fingerprint density at radius 1 is 1.26 bits per heavy atom. The topological polar surface area (TPSA) is 118 Å². The van der Waals surface area contributed by atoms with Crippen LogP contribution < -0.4 is 15.0 Å². The fourth-order valence-electron chi connectivity index (χ4n) is 3.04. The molecule has 3 aromatic rings. The summed E-state index contributed by atoms with van der Waals surface area (Å²) in [5.74, 6) is -1.08. The van der Waals surface area contributed by atoms with Crippen LogP contribution in [0.1, 0.15) is 16.1 Å². The van der Waals surface area contributed by atoms with Crippen LogP contribution in [-0.4, -0.2) is 74.4 Å². The van der Waals surface area contributed by atoms with Crippen LogP contribution in [0.4, 0.5) is 14.7 Å². The molecule has 1 N–H and O–H groups in total. The molecule has 0 aliphatic carbocycles. The number of halogens is 2. The molecule has 0 radical (unpaired) electrons. The highest BCUT2D eigenvalue weighted by Gasteiger charge is 2.23. The number of likely N-dealkylation sites (N-methyl/N-ethyl adjacent to an activating group) is 2. The number of carbonyl (C=O) groups excluding carboxylic acids is 1. The second-order valence-corrected chi connectivity index (χ2v) is 11.1. The number of nitrogens with zero attached hydrogens (tertiary/aromatic N) is 5. The molecule has 0 saturated carbocycles. The molecule has 2 heterocycles. The lowest BCUT2D eigenvalue weighted by atomic mass is 9.98. The Labute approximate surface area is 211 Å². The number of hydrogen-bond donors (Lipinski definition) is 1. The number of carbonyl (C=O) groups is 1. The Hall–Kier alpha value is -2.87. The van der Waals surface area contributed by atoms with Crippen molar-refractivity contribution in [3.63, 3.8) is 0 Å². The van der Waals surface area contributed by atoms with E-state index in [-0.39, 0.29) is 39.1 Å². The van der Waals surface area contributed by atoms with E-state index in [0.29, 0.717) is 17.4 Å². The minimum atomic E-state index is -3.30. The molecule has 0 saturated heterocycles. The van der Waals surface area contributed by atoms with Crippen molar-refractivity contribution in [1.82, 2.24) is 19.5 Å². The Kier molecular flexibility index (Phi) is 8.26. The normalized spacial score (nSPS) is 11.5. The summed E-state index contributed by atoms with van der Waals surface area (Å²) in [5.41, 5.74) is 0.965. The van der Waals surface area contributed by atoms with Gasteiger partial charge in [-0.05, 0) is 25.1 Å². The van der Waals surface area contributed by atoms with Crippen molar-refractivity contribution in [3.8, 4) is 16.9 Å². The minimum absolute atomic E-state index is 0.0448. The number of nitrogens with one attached hydrogen (secondary N) is 1. The third-order valence-corrected chi connectivity index (χ3v) is 7.67. The smallest absolute Gasteiger partial charge is 0.259 e. The van der Waals surface area contributed by atoms with E-state index in [0.717, 1.165) is 17.6 Å². The van der Waals surface area contributed by atoms with Crippen molar-refractivity contribution < 1.29 is 22.3 Å². The quantitative estimate of drug-likeness (QED) is 0.437. The average molecular weight is 543 g/mol. The van der Waals surface area contributed by atoms with Crippen LogP contribution in [0.25, 0.3) is 11.1 Å². The third-order valence-electron chi connectivity index (χ3n) is 5.11. The van der Waals surface area contributed by atoms with E-state index in [4.69, 9.17) is 16.3 Å². The SMILES string of the molecule is COc1ccc(Cl)c(F)c1-c1cc(C)ncc1C(=O)Nc1nnc(N(C)CCN(C)S(C)(=O)=O)s1. The van der Waals surface area contributed by atoms with Gasteiger partial charge in [0, 0.05) is 44.6 Å². The van der Waals surface area contributed by atoms with Gasteiger partial charge in [-0.15, -0.1) is 10.2 Å². The Balaban J connectivity index is 1.84. The van der Waals surface area contributed by atoms with Gasteiger partial charge in [-0.1, -0.05) is 22.9 Å². The van der Waals surface area contributed by atoms with Gasteiger partial charge in [0.25, 0.3) is 5.91 Å². The van der Waals surface area contributed by atoms with Crippen LogP contribution >= 0.6 is 22.9 Å². The Morgan fingerprint density at radius 2 is 1.97 bits per heavy atom. The predicted octanol–water partition coefficient (Wildman–Crippen LogP) is 3.29. The van der Waals surface area contributed by atoms with Gasteiger partial charge in [0.05, 0.1) is 29.5 Å². The number of methoxy groups -OCH3 is 1. The van der Waals surface area contributed by atoms with E-state index >= 15 is 4.39 Å². The molecule has 35 heavy (non-hydrogen) atoms. The molecule has 0 unspecified atom stereocenters. The van der Waals surface area contributed by atoms with E-state index in [1.54, 1.807) is 24.9 Å². The highest BCUT2D eigenvalue weighted by Crippen LogP contribution is 2.38. The predicted molar refractivity (Wildman–Crippen MR) is 135 cm³/mol. The monoisotopic (exact) mass is 542 g/mol. The zero-order chi connectivity index (χ0) is 25.9. The van der Waals surface area contributed by atoms with E-state index in [1.807, 2.05) is 0 Å². The summed E-state index contributed by atoms with van der Waals surface area (Å²) in [5, 5.41) is 11.3. The van der Waals surface area contributed by atoms with E-state index < -0.39 is 21.7 Å². The zero-order valence-corrected chi connectivity index (χ0v) is 22.1. The fraction of sp³-hybridized carbons (Fsp3) is 0.333. The van der Waals surface area contributed by atoms with Crippen LogP contribution in [0.2, 0.25) is 5.02 Å². The fourth-order valence-corrected chi connectivity index (χ4v) is 4.34. The molecular weight excluding hydrogens is 519 g/mol. The summed E-state index contributed by atoms with van der Waals surface area (Å²) in [6.45, 7) is 2.34. The molecule has 0 atom stereocenters. The van der Waals surface area contributed by atoms with Gasteiger partial charge < -0.3 is 9.64 Å². The van der Waals surface area contributed by atoms with Crippen molar-refractivity contribution in [3.05, 3.63) is 46.5 Å². The van der Waals surface area contributed by atoms with Gasteiger partial charge in [-0.2, -0.15) is 0 Å². The molecule has 188 valence electrons. The number of aromatic nitrogens is 3. The van der Waals surface area contributed by atoms with Crippen LogP contribution in [0.15, 0.2) is 24.4 Å². The maximum atomic E-state index is 15.0. The molecule has 10 nitrogen and oxygen atoms in total. The number of anilines is 2. The largest absolute Gasteiger partial charge is 0.496 e. The molecule has 3 rings (SSSR count).